The van der Waals surface area contributed by atoms with Crippen molar-refractivity contribution in [3.8, 4) is 0 Å². The Morgan fingerprint density at radius 3 is 2.84 bits per heavy atom. The van der Waals surface area contributed by atoms with Crippen LogP contribution in [0.15, 0.2) is 35.3 Å². The van der Waals surface area contributed by atoms with Crippen molar-refractivity contribution in [2.45, 2.75) is 38.6 Å². The Hall–Kier alpha value is -2.63. The van der Waals surface area contributed by atoms with E-state index in [-0.39, 0.29) is 29.0 Å². The van der Waals surface area contributed by atoms with Gasteiger partial charge in [0.05, 0.1) is 6.04 Å². The molecule has 3 rings (SSSR count). The summed E-state index contributed by atoms with van der Waals surface area (Å²) in [6, 6.07) is 7.35. The van der Waals surface area contributed by atoms with E-state index in [1.54, 1.807) is 17.2 Å². The molecule has 2 aromatic heterocycles. The van der Waals surface area contributed by atoms with Crippen molar-refractivity contribution in [1.82, 2.24) is 14.9 Å². The van der Waals surface area contributed by atoms with Gasteiger partial charge in [-0.3, -0.25) is 9.59 Å². The third-order valence-corrected chi connectivity index (χ3v) is 4.72. The summed E-state index contributed by atoms with van der Waals surface area (Å²) in [4.78, 5) is 34.2. The minimum absolute atomic E-state index is 0.0215. The number of anilines is 1. The number of carbonyl (C=O) groups excluding carboxylic acids is 1. The summed E-state index contributed by atoms with van der Waals surface area (Å²) in [5, 5.41) is 3.02. The molecule has 3 heterocycles. The summed E-state index contributed by atoms with van der Waals surface area (Å²) in [5.41, 5.74) is 1.78. The minimum Gasteiger partial charge on any atom is -0.373 e. The number of likely N-dealkylation sites (tertiary alicyclic amines) is 1. The highest BCUT2D eigenvalue weighted by molar-refractivity contribution is 5.94. The molecule has 1 aliphatic rings. The Bertz CT molecular complexity index is 828. The quantitative estimate of drug-likeness (QED) is 0.897. The van der Waals surface area contributed by atoms with Gasteiger partial charge in [0.1, 0.15) is 11.4 Å². The highest BCUT2D eigenvalue weighted by atomic mass is 16.2. The van der Waals surface area contributed by atoms with Gasteiger partial charge < -0.3 is 15.2 Å². The van der Waals surface area contributed by atoms with Gasteiger partial charge in [0.25, 0.3) is 11.5 Å². The molecule has 1 aliphatic heterocycles. The summed E-state index contributed by atoms with van der Waals surface area (Å²) >= 11 is 0. The average molecular weight is 340 g/mol. The Kier molecular flexibility index (Phi) is 4.88. The molecule has 2 aromatic rings. The number of aromatic nitrogens is 2. The van der Waals surface area contributed by atoms with Crippen molar-refractivity contribution < 1.29 is 4.79 Å². The number of H-pyrrole nitrogens is 1. The van der Waals surface area contributed by atoms with Gasteiger partial charge in [-0.25, -0.2) is 4.98 Å². The van der Waals surface area contributed by atoms with Gasteiger partial charge in [-0.2, -0.15) is 0 Å². The number of hydrogen-bond donors (Lipinski definition) is 2. The topological polar surface area (TPSA) is 78.1 Å². The highest BCUT2D eigenvalue weighted by Crippen LogP contribution is 2.33. The maximum atomic E-state index is 13.0. The molecule has 25 heavy (non-hydrogen) atoms. The molecule has 0 saturated carbocycles. The van der Waals surface area contributed by atoms with Gasteiger partial charge in [0, 0.05) is 25.5 Å². The van der Waals surface area contributed by atoms with Crippen LogP contribution in [0.25, 0.3) is 0 Å². The van der Waals surface area contributed by atoms with E-state index in [9.17, 15) is 9.59 Å². The first-order valence-corrected chi connectivity index (χ1v) is 8.69. The minimum atomic E-state index is -0.313. The van der Waals surface area contributed by atoms with E-state index in [0.717, 1.165) is 29.9 Å². The van der Waals surface area contributed by atoms with Crippen molar-refractivity contribution in [3.05, 3.63) is 57.6 Å². The van der Waals surface area contributed by atoms with Gasteiger partial charge in [0.2, 0.25) is 0 Å². The molecular weight excluding hydrogens is 316 g/mol. The first-order chi connectivity index (χ1) is 12.0. The van der Waals surface area contributed by atoms with Crippen molar-refractivity contribution in [3.63, 3.8) is 0 Å². The van der Waals surface area contributed by atoms with Gasteiger partial charge in [0.15, 0.2) is 0 Å². The number of pyridine rings is 2. The monoisotopic (exact) mass is 340 g/mol. The van der Waals surface area contributed by atoms with E-state index < -0.39 is 0 Å². The largest absolute Gasteiger partial charge is 0.373 e. The Morgan fingerprint density at radius 2 is 2.16 bits per heavy atom. The predicted molar refractivity (Wildman–Crippen MR) is 97.9 cm³/mol. The fourth-order valence-corrected chi connectivity index (χ4v) is 3.30. The van der Waals surface area contributed by atoms with Crippen molar-refractivity contribution in [2.24, 2.45) is 0 Å². The molecule has 0 radical (unpaired) electrons. The van der Waals surface area contributed by atoms with E-state index in [4.69, 9.17) is 0 Å². The summed E-state index contributed by atoms with van der Waals surface area (Å²) in [6.45, 7) is 4.67. The molecule has 1 fully saturated rings. The molecule has 2 N–H and O–H groups in total. The molecule has 1 unspecified atom stereocenters. The lowest BCUT2D eigenvalue weighted by Crippen LogP contribution is -2.34. The van der Waals surface area contributed by atoms with E-state index >= 15 is 0 Å². The SMILES string of the molecule is CNc1cc(C2CCCN2C(=O)c2ccc(C(C)C)[nH]c2=O)ccn1. The smallest absolute Gasteiger partial charge is 0.261 e. The number of amides is 1. The fourth-order valence-electron chi connectivity index (χ4n) is 3.30. The number of aromatic amines is 1. The van der Waals surface area contributed by atoms with Gasteiger partial charge in [-0.05, 0) is 48.6 Å². The molecule has 0 aromatic carbocycles. The first-order valence-electron chi connectivity index (χ1n) is 8.69. The number of rotatable bonds is 4. The van der Waals surface area contributed by atoms with E-state index in [1.165, 1.54) is 0 Å². The second-order valence-corrected chi connectivity index (χ2v) is 6.69. The van der Waals surface area contributed by atoms with Crippen LogP contribution in [0, 0.1) is 0 Å². The van der Waals surface area contributed by atoms with E-state index in [1.807, 2.05) is 39.1 Å². The summed E-state index contributed by atoms with van der Waals surface area (Å²) in [5.74, 6) is 0.783. The molecule has 132 valence electrons. The third-order valence-electron chi connectivity index (χ3n) is 4.72. The second kappa shape index (κ2) is 7.09. The molecule has 0 spiro atoms. The number of hydrogen-bond acceptors (Lipinski definition) is 4. The summed E-state index contributed by atoms with van der Waals surface area (Å²) in [7, 11) is 1.82. The number of carbonyl (C=O) groups is 1. The zero-order valence-corrected chi connectivity index (χ0v) is 14.9. The van der Waals surface area contributed by atoms with Crippen LogP contribution in [0.4, 0.5) is 5.82 Å². The van der Waals surface area contributed by atoms with Crippen molar-refractivity contribution >= 4 is 11.7 Å². The third kappa shape index (κ3) is 3.43. The molecule has 1 amide bonds. The van der Waals surface area contributed by atoms with Gasteiger partial charge in [-0.15, -0.1) is 0 Å². The van der Waals surface area contributed by atoms with Crippen LogP contribution in [0.2, 0.25) is 0 Å². The maximum absolute atomic E-state index is 13.0. The normalized spacial score (nSPS) is 17.1. The lowest BCUT2D eigenvalue weighted by atomic mass is 10.0. The molecule has 0 bridgehead atoms. The zero-order chi connectivity index (χ0) is 18.0. The molecule has 1 atom stereocenters. The summed E-state index contributed by atoms with van der Waals surface area (Å²) < 4.78 is 0. The van der Waals surface area contributed by atoms with E-state index in [2.05, 4.69) is 15.3 Å². The number of nitrogens with one attached hydrogen (secondary N) is 2. The molecule has 6 heteroatoms. The maximum Gasteiger partial charge on any atom is 0.261 e. The van der Waals surface area contributed by atoms with Crippen molar-refractivity contribution in [1.29, 1.82) is 0 Å². The van der Waals surface area contributed by atoms with E-state index in [0.29, 0.717) is 6.54 Å². The predicted octanol–water partition coefficient (Wildman–Crippen LogP) is 2.91. The lowest BCUT2D eigenvalue weighted by molar-refractivity contribution is 0.0733. The second-order valence-electron chi connectivity index (χ2n) is 6.69. The first kappa shape index (κ1) is 17.2. The highest BCUT2D eigenvalue weighted by Gasteiger charge is 2.32. The summed E-state index contributed by atoms with van der Waals surface area (Å²) in [6.07, 6.45) is 3.56. The van der Waals surface area contributed by atoms with Crippen LogP contribution < -0.4 is 10.9 Å². The van der Waals surface area contributed by atoms with Crippen LogP contribution >= 0.6 is 0 Å². The van der Waals surface area contributed by atoms with Crippen LogP contribution in [0.3, 0.4) is 0 Å². The Balaban J connectivity index is 1.89. The van der Waals surface area contributed by atoms with Crippen LogP contribution in [0.1, 0.15) is 60.3 Å². The number of nitrogens with zero attached hydrogens (tertiary/aromatic N) is 2. The van der Waals surface area contributed by atoms with Crippen LogP contribution in [-0.4, -0.2) is 34.4 Å². The zero-order valence-electron chi connectivity index (χ0n) is 14.9. The molecule has 0 aliphatic carbocycles. The van der Waals surface area contributed by atoms with Crippen LogP contribution in [0.5, 0.6) is 0 Å². The molecule has 1 saturated heterocycles. The Labute approximate surface area is 147 Å². The van der Waals surface area contributed by atoms with Gasteiger partial charge >= 0.3 is 0 Å². The van der Waals surface area contributed by atoms with Crippen LogP contribution in [-0.2, 0) is 0 Å². The average Bonchev–Trinajstić information content (AvgIpc) is 3.10. The lowest BCUT2D eigenvalue weighted by Gasteiger charge is -2.25. The Morgan fingerprint density at radius 1 is 1.36 bits per heavy atom. The molecular formula is C19H24N4O2. The molecule has 6 nitrogen and oxygen atoms in total. The van der Waals surface area contributed by atoms with Crippen molar-refractivity contribution in [2.75, 3.05) is 18.9 Å². The standard InChI is InChI=1S/C19H24N4O2/c1-12(2)15-7-6-14(18(24)22-15)19(25)23-10-4-5-16(23)13-8-9-21-17(11-13)20-3/h6-9,11-12,16H,4-5,10H2,1-3H3,(H,20,21)(H,22,24). The fraction of sp³-hybridized carbons (Fsp3) is 0.421. The van der Waals surface area contributed by atoms with Gasteiger partial charge in [-0.1, -0.05) is 13.8 Å².